The van der Waals surface area contributed by atoms with Crippen LogP contribution in [0.4, 0.5) is 5.69 Å². The summed E-state index contributed by atoms with van der Waals surface area (Å²) in [6.45, 7) is 3.72. The molecule has 0 heterocycles. The molecule has 20 heavy (non-hydrogen) atoms. The molecule has 3 nitrogen and oxygen atoms in total. The van der Waals surface area contributed by atoms with Gasteiger partial charge in [0.25, 0.3) is 10.0 Å². The van der Waals surface area contributed by atoms with E-state index in [4.69, 9.17) is 11.6 Å². The molecular weight excluding hydrogens is 294 g/mol. The zero-order chi connectivity index (χ0) is 14.8. The highest BCUT2D eigenvalue weighted by Crippen LogP contribution is 2.20. The van der Waals surface area contributed by atoms with Crippen molar-refractivity contribution in [3.63, 3.8) is 0 Å². The Bertz CT molecular complexity index is 709. The van der Waals surface area contributed by atoms with Crippen LogP contribution in [0.5, 0.6) is 0 Å². The van der Waals surface area contributed by atoms with E-state index >= 15 is 0 Å². The van der Waals surface area contributed by atoms with Crippen LogP contribution in [0, 0.1) is 13.8 Å². The van der Waals surface area contributed by atoms with Crippen LogP contribution in [0.25, 0.3) is 0 Å². The van der Waals surface area contributed by atoms with Gasteiger partial charge in [0.05, 0.1) is 4.90 Å². The molecule has 0 amide bonds. The summed E-state index contributed by atoms with van der Waals surface area (Å²) in [5.41, 5.74) is 3.24. The molecule has 5 heteroatoms. The van der Waals surface area contributed by atoms with Crippen molar-refractivity contribution in [2.24, 2.45) is 0 Å². The Morgan fingerprint density at radius 2 is 1.70 bits per heavy atom. The fourth-order valence-electron chi connectivity index (χ4n) is 1.97. The second kappa shape index (κ2) is 5.85. The third-order valence-electron chi connectivity index (χ3n) is 2.98. The maximum absolute atomic E-state index is 12.4. The average molecular weight is 310 g/mol. The fraction of sp³-hybridized carbons (Fsp3) is 0.200. The van der Waals surface area contributed by atoms with Gasteiger partial charge in [-0.1, -0.05) is 29.8 Å². The molecule has 0 aliphatic carbocycles. The second-order valence-corrected chi connectivity index (χ2v) is 6.62. The van der Waals surface area contributed by atoms with E-state index < -0.39 is 10.0 Å². The van der Waals surface area contributed by atoms with Gasteiger partial charge in [0, 0.05) is 11.6 Å². The minimum absolute atomic E-state index is 0.296. The molecule has 0 aromatic heterocycles. The van der Waals surface area contributed by atoms with Crippen LogP contribution >= 0.6 is 11.6 Å². The number of aryl methyl sites for hydroxylation is 2. The summed E-state index contributed by atoms with van der Waals surface area (Å²) in [4.78, 5) is 0.296. The van der Waals surface area contributed by atoms with Crippen LogP contribution in [0.15, 0.2) is 47.4 Å². The predicted octanol–water partition coefficient (Wildman–Crippen LogP) is 3.84. The third-order valence-corrected chi connectivity index (χ3v) is 4.83. The van der Waals surface area contributed by atoms with Gasteiger partial charge in [-0.05, 0) is 43.2 Å². The monoisotopic (exact) mass is 309 g/mol. The molecule has 1 N–H and O–H groups in total. The van der Waals surface area contributed by atoms with Crippen molar-refractivity contribution < 1.29 is 8.42 Å². The van der Waals surface area contributed by atoms with Gasteiger partial charge in [0.15, 0.2) is 0 Å². The first kappa shape index (κ1) is 14.9. The van der Waals surface area contributed by atoms with E-state index in [1.807, 2.05) is 13.0 Å². The molecule has 0 bridgehead atoms. The Hall–Kier alpha value is -1.52. The van der Waals surface area contributed by atoms with E-state index in [-0.39, 0.29) is 0 Å². The van der Waals surface area contributed by atoms with E-state index in [1.54, 1.807) is 43.3 Å². The Labute approximate surface area is 124 Å². The first-order chi connectivity index (χ1) is 9.42. The Balaban J connectivity index is 2.30. The summed E-state index contributed by atoms with van der Waals surface area (Å²) >= 11 is 5.71. The molecule has 2 aromatic rings. The van der Waals surface area contributed by atoms with E-state index in [9.17, 15) is 8.42 Å². The molecule has 2 aromatic carbocycles. The van der Waals surface area contributed by atoms with Crippen LogP contribution in [-0.4, -0.2) is 8.42 Å². The smallest absolute Gasteiger partial charge is 0.262 e. The molecular formula is C15H16ClNO2S. The van der Waals surface area contributed by atoms with Gasteiger partial charge in [-0.25, -0.2) is 8.42 Å². The molecule has 0 radical (unpaired) electrons. The summed E-state index contributed by atoms with van der Waals surface area (Å²) in [5.74, 6) is 0.407. The van der Waals surface area contributed by atoms with Crippen molar-refractivity contribution in [2.75, 3.05) is 4.72 Å². The Morgan fingerprint density at radius 1 is 1.05 bits per heavy atom. The quantitative estimate of drug-likeness (QED) is 0.872. The minimum Gasteiger partial charge on any atom is -0.280 e. The SMILES string of the molecule is Cc1ccc(S(=O)(=O)Nc2ccc(CCl)cc2)c(C)c1. The fourth-order valence-corrected chi connectivity index (χ4v) is 3.44. The number of sulfonamides is 1. The first-order valence-electron chi connectivity index (χ1n) is 6.17. The van der Waals surface area contributed by atoms with Gasteiger partial charge in [-0.15, -0.1) is 11.6 Å². The highest BCUT2D eigenvalue weighted by Gasteiger charge is 2.16. The van der Waals surface area contributed by atoms with Crippen molar-refractivity contribution in [3.05, 3.63) is 59.2 Å². The summed E-state index contributed by atoms with van der Waals surface area (Å²) in [7, 11) is -3.56. The largest absolute Gasteiger partial charge is 0.280 e. The number of rotatable bonds is 4. The van der Waals surface area contributed by atoms with Gasteiger partial charge >= 0.3 is 0 Å². The number of halogens is 1. The lowest BCUT2D eigenvalue weighted by atomic mass is 10.2. The normalized spacial score (nSPS) is 11.3. The number of anilines is 1. The maximum Gasteiger partial charge on any atom is 0.262 e. The summed E-state index contributed by atoms with van der Waals surface area (Å²) < 4.78 is 27.3. The second-order valence-electron chi connectivity index (χ2n) is 4.71. The number of alkyl halides is 1. The minimum atomic E-state index is -3.56. The van der Waals surface area contributed by atoms with Crippen molar-refractivity contribution in [2.45, 2.75) is 24.6 Å². The first-order valence-corrected chi connectivity index (χ1v) is 8.19. The predicted molar refractivity (Wildman–Crippen MR) is 82.7 cm³/mol. The van der Waals surface area contributed by atoms with Crippen LogP contribution < -0.4 is 4.72 Å². The molecule has 0 saturated carbocycles. The van der Waals surface area contributed by atoms with E-state index in [0.717, 1.165) is 16.7 Å². The van der Waals surface area contributed by atoms with E-state index in [1.165, 1.54) is 0 Å². The molecule has 0 aliphatic rings. The standard InChI is InChI=1S/C15H16ClNO2S/c1-11-3-8-15(12(2)9-11)20(18,19)17-14-6-4-13(10-16)5-7-14/h3-9,17H,10H2,1-2H3. The third kappa shape index (κ3) is 3.32. The topological polar surface area (TPSA) is 46.2 Å². The summed E-state index contributed by atoms with van der Waals surface area (Å²) in [6.07, 6.45) is 0. The summed E-state index contributed by atoms with van der Waals surface area (Å²) in [5, 5.41) is 0. The lowest BCUT2D eigenvalue weighted by Gasteiger charge is -2.11. The van der Waals surface area contributed by atoms with Crippen LogP contribution in [0.2, 0.25) is 0 Å². The molecule has 0 aliphatic heterocycles. The lowest BCUT2D eigenvalue weighted by molar-refractivity contribution is 0.600. The number of benzene rings is 2. The van der Waals surface area contributed by atoms with Crippen molar-refractivity contribution >= 4 is 27.3 Å². The zero-order valence-corrected chi connectivity index (χ0v) is 12.9. The molecule has 0 spiro atoms. The van der Waals surface area contributed by atoms with Gasteiger partial charge in [-0.2, -0.15) is 0 Å². The number of hydrogen-bond acceptors (Lipinski definition) is 2. The molecule has 0 atom stereocenters. The summed E-state index contributed by atoms with van der Waals surface area (Å²) in [6, 6.07) is 12.3. The highest BCUT2D eigenvalue weighted by atomic mass is 35.5. The molecule has 0 fully saturated rings. The van der Waals surface area contributed by atoms with E-state index in [0.29, 0.717) is 16.5 Å². The molecule has 0 unspecified atom stereocenters. The zero-order valence-electron chi connectivity index (χ0n) is 11.4. The number of hydrogen-bond donors (Lipinski definition) is 1. The lowest BCUT2D eigenvalue weighted by Crippen LogP contribution is -2.14. The molecule has 106 valence electrons. The van der Waals surface area contributed by atoms with Gasteiger partial charge < -0.3 is 0 Å². The van der Waals surface area contributed by atoms with Crippen molar-refractivity contribution in [3.8, 4) is 0 Å². The molecule has 0 saturated heterocycles. The van der Waals surface area contributed by atoms with Crippen molar-refractivity contribution in [1.29, 1.82) is 0 Å². The molecule has 2 rings (SSSR count). The van der Waals surface area contributed by atoms with Crippen LogP contribution in [0.1, 0.15) is 16.7 Å². The van der Waals surface area contributed by atoms with Gasteiger partial charge in [0.1, 0.15) is 0 Å². The van der Waals surface area contributed by atoms with Crippen molar-refractivity contribution in [1.82, 2.24) is 0 Å². The number of nitrogens with one attached hydrogen (secondary N) is 1. The highest BCUT2D eigenvalue weighted by molar-refractivity contribution is 7.92. The van der Waals surface area contributed by atoms with Gasteiger partial charge in [0.2, 0.25) is 0 Å². The van der Waals surface area contributed by atoms with Crippen LogP contribution in [0.3, 0.4) is 0 Å². The van der Waals surface area contributed by atoms with Crippen LogP contribution in [-0.2, 0) is 15.9 Å². The van der Waals surface area contributed by atoms with E-state index in [2.05, 4.69) is 4.72 Å². The Morgan fingerprint density at radius 3 is 2.25 bits per heavy atom. The van der Waals surface area contributed by atoms with Gasteiger partial charge in [-0.3, -0.25) is 4.72 Å². The average Bonchev–Trinajstić information content (AvgIpc) is 2.38. The maximum atomic E-state index is 12.4. The Kier molecular flexibility index (Phi) is 4.35.